The van der Waals surface area contributed by atoms with E-state index in [2.05, 4.69) is 18.8 Å². The maximum absolute atomic E-state index is 5.27. The molecule has 0 aliphatic carbocycles. The molecule has 1 aromatic carbocycles. The summed E-state index contributed by atoms with van der Waals surface area (Å²) in [6.07, 6.45) is 2.56. The number of benzene rings is 1. The molecule has 0 aliphatic heterocycles. The van der Waals surface area contributed by atoms with Crippen LogP contribution in [-0.2, 0) is 6.42 Å². The van der Waals surface area contributed by atoms with Crippen LogP contribution in [0.15, 0.2) is 36.9 Å². The van der Waals surface area contributed by atoms with Crippen LogP contribution in [0.2, 0.25) is 0 Å². The number of ether oxygens (including phenoxy) is 1. The Morgan fingerprint density at radius 3 is 2.85 bits per heavy atom. The summed E-state index contributed by atoms with van der Waals surface area (Å²) in [7, 11) is 0. The van der Waals surface area contributed by atoms with E-state index < -0.39 is 0 Å². The molecule has 2 N–H and O–H groups in total. The van der Waals surface area contributed by atoms with Crippen LogP contribution in [0.25, 0.3) is 0 Å². The molecule has 3 heteroatoms. The van der Waals surface area contributed by atoms with Crippen molar-refractivity contribution in [3.8, 4) is 5.75 Å². The van der Waals surface area contributed by atoms with Gasteiger partial charge in [-0.2, -0.15) is 0 Å². The van der Waals surface area contributed by atoms with Gasteiger partial charge in [0, 0.05) is 0 Å². The first kappa shape index (κ1) is 9.74. The number of hydrogen-bond acceptors (Lipinski definition) is 2. The van der Waals surface area contributed by atoms with Gasteiger partial charge in [-0.05, 0) is 30.3 Å². The zero-order valence-electron chi connectivity index (χ0n) is 7.19. The van der Waals surface area contributed by atoms with Crippen LogP contribution in [0.5, 0.6) is 5.75 Å². The molecule has 0 amide bonds. The summed E-state index contributed by atoms with van der Waals surface area (Å²) in [5, 5.41) is 0.0384. The van der Waals surface area contributed by atoms with E-state index in [9.17, 15) is 0 Å². The molecule has 1 rings (SSSR count). The first-order valence-corrected chi connectivity index (χ1v) is 4.31. The lowest BCUT2D eigenvalue weighted by molar-refractivity contribution is 0.551. The summed E-state index contributed by atoms with van der Waals surface area (Å²) in [6, 6.07) is 7.60. The van der Waals surface area contributed by atoms with Gasteiger partial charge in [-0.25, -0.2) is 0 Å². The molecule has 0 spiro atoms. The van der Waals surface area contributed by atoms with E-state index >= 15 is 0 Å². The van der Waals surface area contributed by atoms with Gasteiger partial charge in [0.25, 0.3) is 5.17 Å². The third-order valence-corrected chi connectivity index (χ3v) is 1.63. The second-order valence-electron chi connectivity index (χ2n) is 2.52. The van der Waals surface area contributed by atoms with Crippen LogP contribution < -0.4 is 10.5 Å². The van der Waals surface area contributed by atoms with Crippen molar-refractivity contribution in [2.75, 3.05) is 0 Å². The Balaban J connectivity index is 2.90. The van der Waals surface area contributed by atoms with Gasteiger partial charge in [-0.1, -0.05) is 24.3 Å². The van der Waals surface area contributed by atoms with E-state index in [1.807, 2.05) is 30.3 Å². The predicted molar refractivity (Wildman–Crippen MR) is 57.8 cm³/mol. The Kier molecular flexibility index (Phi) is 3.46. The Labute approximate surface area is 83.0 Å². The fourth-order valence-corrected chi connectivity index (χ4v) is 1.13. The zero-order valence-corrected chi connectivity index (χ0v) is 8.01. The van der Waals surface area contributed by atoms with E-state index in [0.717, 1.165) is 12.0 Å². The molecule has 1 aromatic rings. The molecule has 0 saturated heterocycles. The molecular formula is C10H11NOS. The summed E-state index contributed by atoms with van der Waals surface area (Å²) >= 11 is 4.65. The highest BCUT2D eigenvalue weighted by atomic mass is 32.1. The van der Waals surface area contributed by atoms with Gasteiger partial charge >= 0.3 is 0 Å². The van der Waals surface area contributed by atoms with Crippen molar-refractivity contribution >= 4 is 17.4 Å². The average molecular weight is 193 g/mol. The van der Waals surface area contributed by atoms with E-state index in [4.69, 9.17) is 10.5 Å². The first-order valence-electron chi connectivity index (χ1n) is 3.90. The summed E-state index contributed by atoms with van der Waals surface area (Å²) in [5.74, 6) is 0.704. The smallest absolute Gasteiger partial charge is 0.259 e. The number of allylic oxidation sites excluding steroid dienone is 1. The van der Waals surface area contributed by atoms with Gasteiger partial charge in [-0.15, -0.1) is 6.58 Å². The zero-order chi connectivity index (χ0) is 9.68. The van der Waals surface area contributed by atoms with Crippen molar-refractivity contribution in [2.45, 2.75) is 6.42 Å². The third kappa shape index (κ3) is 2.87. The van der Waals surface area contributed by atoms with Gasteiger partial charge in [0.1, 0.15) is 5.75 Å². The van der Waals surface area contributed by atoms with Crippen molar-refractivity contribution in [2.24, 2.45) is 5.73 Å². The van der Waals surface area contributed by atoms with Gasteiger partial charge in [0.15, 0.2) is 0 Å². The Hall–Kier alpha value is -1.35. The topological polar surface area (TPSA) is 35.2 Å². The Morgan fingerprint density at radius 1 is 1.54 bits per heavy atom. The predicted octanol–water partition coefficient (Wildman–Crippen LogP) is 2.04. The van der Waals surface area contributed by atoms with Crippen molar-refractivity contribution in [1.29, 1.82) is 0 Å². The van der Waals surface area contributed by atoms with E-state index in [-0.39, 0.29) is 5.17 Å². The first-order chi connectivity index (χ1) is 6.24. The van der Waals surface area contributed by atoms with E-state index in [0.29, 0.717) is 5.75 Å². The van der Waals surface area contributed by atoms with Gasteiger partial charge in [0.2, 0.25) is 0 Å². The van der Waals surface area contributed by atoms with Gasteiger partial charge in [-0.3, -0.25) is 0 Å². The SMILES string of the molecule is C=CCc1ccccc1OC(N)=S. The Bertz CT molecular complexity index is 322. The summed E-state index contributed by atoms with van der Waals surface area (Å²) in [6.45, 7) is 3.66. The molecule has 0 unspecified atom stereocenters. The third-order valence-electron chi connectivity index (χ3n) is 1.55. The standard InChI is InChI=1S/C10H11NOS/c1-2-5-8-6-3-4-7-9(8)12-10(11)13/h2-4,6-7H,1,5H2,(H2,11,13). The normalized spacial score (nSPS) is 9.23. The van der Waals surface area contributed by atoms with Crippen molar-refractivity contribution in [3.05, 3.63) is 42.5 Å². The lowest BCUT2D eigenvalue weighted by atomic mass is 10.1. The van der Waals surface area contributed by atoms with Crippen molar-refractivity contribution in [3.63, 3.8) is 0 Å². The fourth-order valence-electron chi connectivity index (χ4n) is 1.04. The second kappa shape index (κ2) is 4.62. The van der Waals surface area contributed by atoms with Gasteiger partial charge < -0.3 is 10.5 Å². The Morgan fingerprint density at radius 2 is 2.23 bits per heavy atom. The maximum atomic E-state index is 5.27. The highest BCUT2D eigenvalue weighted by Crippen LogP contribution is 2.18. The van der Waals surface area contributed by atoms with Crippen LogP contribution in [0.4, 0.5) is 0 Å². The minimum atomic E-state index is 0.0384. The largest absolute Gasteiger partial charge is 0.432 e. The monoisotopic (exact) mass is 193 g/mol. The van der Waals surface area contributed by atoms with Crippen LogP contribution in [0.3, 0.4) is 0 Å². The summed E-state index contributed by atoms with van der Waals surface area (Å²) < 4.78 is 5.16. The van der Waals surface area contributed by atoms with E-state index in [1.165, 1.54) is 0 Å². The minimum Gasteiger partial charge on any atom is -0.432 e. The molecule has 0 aliphatic rings. The lowest BCUT2D eigenvalue weighted by Gasteiger charge is -2.07. The summed E-state index contributed by atoms with van der Waals surface area (Å²) in [4.78, 5) is 0. The van der Waals surface area contributed by atoms with Crippen LogP contribution >= 0.6 is 12.2 Å². The molecule has 0 heterocycles. The molecule has 13 heavy (non-hydrogen) atoms. The summed E-state index contributed by atoms with van der Waals surface area (Å²) in [5.41, 5.74) is 6.31. The van der Waals surface area contributed by atoms with Gasteiger partial charge in [0.05, 0.1) is 0 Å². The van der Waals surface area contributed by atoms with Crippen LogP contribution in [0, 0.1) is 0 Å². The highest BCUT2D eigenvalue weighted by molar-refractivity contribution is 7.80. The number of thiocarbonyl (C=S) groups is 1. The molecule has 0 fully saturated rings. The quantitative estimate of drug-likeness (QED) is 0.589. The number of nitrogens with two attached hydrogens (primary N) is 1. The molecule has 0 radical (unpaired) electrons. The molecule has 2 nitrogen and oxygen atoms in total. The molecule has 0 saturated carbocycles. The molecule has 68 valence electrons. The van der Waals surface area contributed by atoms with Crippen LogP contribution in [-0.4, -0.2) is 5.17 Å². The fraction of sp³-hybridized carbons (Fsp3) is 0.100. The second-order valence-corrected chi connectivity index (χ2v) is 2.92. The molecular weight excluding hydrogens is 182 g/mol. The number of para-hydroxylation sites is 1. The molecule has 0 atom stereocenters. The average Bonchev–Trinajstić information content (AvgIpc) is 2.08. The maximum Gasteiger partial charge on any atom is 0.259 e. The highest BCUT2D eigenvalue weighted by Gasteiger charge is 2.01. The molecule has 0 bridgehead atoms. The number of rotatable bonds is 3. The lowest BCUT2D eigenvalue weighted by Crippen LogP contribution is -2.16. The van der Waals surface area contributed by atoms with E-state index in [1.54, 1.807) is 0 Å². The molecule has 0 aromatic heterocycles. The van der Waals surface area contributed by atoms with Crippen molar-refractivity contribution in [1.82, 2.24) is 0 Å². The van der Waals surface area contributed by atoms with Crippen molar-refractivity contribution < 1.29 is 4.74 Å². The number of hydrogen-bond donors (Lipinski definition) is 1. The van der Waals surface area contributed by atoms with Crippen LogP contribution in [0.1, 0.15) is 5.56 Å². The minimum absolute atomic E-state index is 0.0384.